The quantitative estimate of drug-likeness (QED) is 0.632. The molecule has 0 radical (unpaired) electrons. The SMILES string of the molecule is CC/N=C(\CC)c1ccc(F)cc1. The van der Waals surface area contributed by atoms with Gasteiger partial charge in [0, 0.05) is 12.3 Å². The molecule has 70 valence electrons. The minimum Gasteiger partial charge on any atom is -0.289 e. The van der Waals surface area contributed by atoms with Crippen molar-refractivity contribution in [1.82, 2.24) is 0 Å². The van der Waals surface area contributed by atoms with Gasteiger partial charge in [-0.3, -0.25) is 4.99 Å². The molecule has 0 unspecified atom stereocenters. The van der Waals surface area contributed by atoms with E-state index in [4.69, 9.17) is 0 Å². The highest BCUT2D eigenvalue weighted by molar-refractivity contribution is 6.00. The van der Waals surface area contributed by atoms with E-state index in [0.29, 0.717) is 0 Å². The average Bonchev–Trinajstić information content (AvgIpc) is 2.16. The van der Waals surface area contributed by atoms with Crippen LogP contribution in [0.3, 0.4) is 0 Å². The van der Waals surface area contributed by atoms with Gasteiger partial charge in [0.2, 0.25) is 0 Å². The topological polar surface area (TPSA) is 12.4 Å². The molecule has 0 aliphatic rings. The number of rotatable bonds is 3. The molecule has 0 spiro atoms. The van der Waals surface area contributed by atoms with Gasteiger partial charge >= 0.3 is 0 Å². The molecule has 0 fully saturated rings. The van der Waals surface area contributed by atoms with E-state index in [1.165, 1.54) is 12.1 Å². The second-order valence-electron chi connectivity index (χ2n) is 2.78. The van der Waals surface area contributed by atoms with E-state index in [1.54, 1.807) is 12.1 Å². The number of hydrogen-bond donors (Lipinski definition) is 0. The highest BCUT2D eigenvalue weighted by Crippen LogP contribution is 2.06. The smallest absolute Gasteiger partial charge is 0.123 e. The third-order valence-electron chi connectivity index (χ3n) is 1.86. The lowest BCUT2D eigenvalue weighted by Crippen LogP contribution is -1.99. The van der Waals surface area contributed by atoms with Crippen molar-refractivity contribution in [3.8, 4) is 0 Å². The van der Waals surface area contributed by atoms with Gasteiger partial charge in [0.1, 0.15) is 5.82 Å². The first-order chi connectivity index (χ1) is 6.27. The summed E-state index contributed by atoms with van der Waals surface area (Å²) in [6, 6.07) is 6.48. The summed E-state index contributed by atoms with van der Waals surface area (Å²) in [6.07, 6.45) is 0.888. The van der Waals surface area contributed by atoms with Gasteiger partial charge in [-0.25, -0.2) is 4.39 Å². The predicted molar refractivity (Wildman–Crippen MR) is 53.8 cm³/mol. The molecule has 1 nitrogen and oxygen atoms in total. The van der Waals surface area contributed by atoms with Crippen LogP contribution in [0.1, 0.15) is 25.8 Å². The van der Waals surface area contributed by atoms with Crippen LogP contribution >= 0.6 is 0 Å². The molecule has 0 amide bonds. The lowest BCUT2D eigenvalue weighted by molar-refractivity contribution is 0.627. The van der Waals surface area contributed by atoms with Crippen LogP contribution in [-0.2, 0) is 0 Å². The first-order valence-electron chi connectivity index (χ1n) is 4.57. The molecular weight excluding hydrogens is 165 g/mol. The van der Waals surface area contributed by atoms with Crippen LogP contribution in [0.2, 0.25) is 0 Å². The fraction of sp³-hybridized carbons (Fsp3) is 0.364. The van der Waals surface area contributed by atoms with Gasteiger partial charge in [0.05, 0.1) is 0 Å². The second kappa shape index (κ2) is 4.75. The van der Waals surface area contributed by atoms with Crippen molar-refractivity contribution >= 4 is 5.71 Å². The summed E-state index contributed by atoms with van der Waals surface area (Å²) in [5.41, 5.74) is 2.06. The maximum absolute atomic E-state index is 12.6. The molecular formula is C11H14FN. The standard InChI is InChI=1S/C11H14FN/c1-3-11(13-4-2)9-5-7-10(12)8-6-9/h5-8H,3-4H2,1-2H3/b13-11+. The van der Waals surface area contributed by atoms with Crippen molar-refractivity contribution in [2.75, 3.05) is 6.54 Å². The van der Waals surface area contributed by atoms with Crippen LogP contribution in [0.25, 0.3) is 0 Å². The maximum Gasteiger partial charge on any atom is 0.123 e. The highest BCUT2D eigenvalue weighted by Gasteiger charge is 1.99. The van der Waals surface area contributed by atoms with E-state index in [1.807, 2.05) is 6.92 Å². The van der Waals surface area contributed by atoms with Crippen molar-refractivity contribution in [3.05, 3.63) is 35.6 Å². The van der Waals surface area contributed by atoms with Crippen LogP contribution in [0.4, 0.5) is 4.39 Å². The summed E-state index contributed by atoms with van der Waals surface area (Å²) >= 11 is 0. The zero-order chi connectivity index (χ0) is 9.68. The Morgan fingerprint density at radius 1 is 1.23 bits per heavy atom. The molecule has 13 heavy (non-hydrogen) atoms. The summed E-state index contributed by atoms with van der Waals surface area (Å²) in [5, 5.41) is 0. The molecule has 2 heteroatoms. The van der Waals surface area contributed by atoms with Crippen LogP contribution in [0, 0.1) is 5.82 Å². The van der Waals surface area contributed by atoms with Gasteiger partial charge in [0.15, 0.2) is 0 Å². The van der Waals surface area contributed by atoms with Crippen molar-refractivity contribution in [1.29, 1.82) is 0 Å². The molecule has 0 heterocycles. The van der Waals surface area contributed by atoms with E-state index >= 15 is 0 Å². The fourth-order valence-electron chi connectivity index (χ4n) is 1.24. The molecule has 0 saturated heterocycles. The van der Waals surface area contributed by atoms with E-state index < -0.39 is 0 Å². The molecule has 0 bridgehead atoms. The Kier molecular flexibility index (Phi) is 3.62. The zero-order valence-corrected chi connectivity index (χ0v) is 8.05. The lowest BCUT2D eigenvalue weighted by Gasteiger charge is -2.02. The molecule has 0 N–H and O–H groups in total. The largest absolute Gasteiger partial charge is 0.289 e. The summed E-state index contributed by atoms with van der Waals surface area (Å²) in [6.45, 7) is 4.83. The number of nitrogens with zero attached hydrogens (tertiary/aromatic N) is 1. The van der Waals surface area contributed by atoms with Gasteiger partial charge in [-0.2, -0.15) is 0 Å². The summed E-state index contributed by atoms with van der Waals surface area (Å²) in [4.78, 5) is 4.34. The maximum atomic E-state index is 12.6. The molecule has 0 aliphatic carbocycles. The van der Waals surface area contributed by atoms with Gasteiger partial charge in [-0.1, -0.05) is 19.1 Å². The fourth-order valence-corrected chi connectivity index (χ4v) is 1.24. The van der Waals surface area contributed by atoms with Gasteiger partial charge in [-0.15, -0.1) is 0 Å². The van der Waals surface area contributed by atoms with E-state index in [9.17, 15) is 4.39 Å². The Morgan fingerprint density at radius 3 is 2.31 bits per heavy atom. The van der Waals surface area contributed by atoms with Crippen LogP contribution < -0.4 is 0 Å². The van der Waals surface area contributed by atoms with E-state index in [-0.39, 0.29) is 5.82 Å². The Morgan fingerprint density at radius 2 is 1.85 bits per heavy atom. The van der Waals surface area contributed by atoms with Gasteiger partial charge < -0.3 is 0 Å². The van der Waals surface area contributed by atoms with Crippen LogP contribution in [0.15, 0.2) is 29.3 Å². The molecule has 1 aromatic carbocycles. The first-order valence-corrected chi connectivity index (χ1v) is 4.57. The Bertz CT molecular complexity index is 287. The van der Waals surface area contributed by atoms with E-state index in [2.05, 4.69) is 11.9 Å². The Labute approximate surface area is 78.3 Å². The minimum absolute atomic E-state index is 0.198. The Hall–Kier alpha value is -1.18. The van der Waals surface area contributed by atoms with E-state index in [0.717, 1.165) is 24.2 Å². The van der Waals surface area contributed by atoms with Crippen LogP contribution in [-0.4, -0.2) is 12.3 Å². The zero-order valence-electron chi connectivity index (χ0n) is 8.05. The second-order valence-corrected chi connectivity index (χ2v) is 2.78. The molecule has 0 atom stereocenters. The number of benzene rings is 1. The first kappa shape index (κ1) is 9.90. The number of aliphatic imine (C=N–C) groups is 1. The Balaban J connectivity index is 2.92. The van der Waals surface area contributed by atoms with Crippen molar-refractivity contribution in [2.45, 2.75) is 20.3 Å². The lowest BCUT2D eigenvalue weighted by atomic mass is 10.1. The predicted octanol–water partition coefficient (Wildman–Crippen LogP) is 3.04. The van der Waals surface area contributed by atoms with Crippen LogP contribution in [0.5, 0.6) is 0 Å². The highest BCUT2D eigenvalue weighted by atomic mass is 19.1. The summed E-state index contributed by atoms with van der Waals surface area (Å²) in [5.74, 6) is -0.198. The third-order valence-corrected chi connectivity index (χ3v) is 1.86. The third kappa shape index (κ3) is 2.65. The number of hydrogen-bond acceptors (Lipinski definition) is 1. The molecule has 0 aliphatic heterocycles. The molecule has 0 saturated carbocycles. The van der Waals surface area contributed by atoms with Crippen molar-refractivity contribution < 1.29 is 4.39 Å². The van der Waals surface area contributed by atoms with Crippen molar-refractivity contribution in [3.63, 3.8) is 0 Å². The average molecular weight is 179 g/mol. The minimum atomic E-state index is -0.198. The normalized spacial score (nSPS) is 11.8. The molecule has 1 rings (SSSR count). The van der Waals surface area contributed by atoms with Gasteiger partial charge in [0.25, 0.3) is 0 Å². The number of halogens is 1. The summed E-state index contributed by atoms with van der Waals surface area (Å²) in [7, 11) is 0. The molecule has 1 aromatic rings. The van der Waals surface area contributed by atoms with Gasteiger partial charge in [-0.05, 0) is 31.0 Å². The van der Waals surface area contributed by atoms with Crippen molar-refractivity contribution in [2.24, 2.45) is 4.99 Å². The molecule has 0 aromatic heterocycles. The monoisotopic (exact) mass is 179 g/mol. The summed E-state index contributed by atoms with van der Waals surface area (Å²) < 4.78 is 12.6.